The number of hydrogen-bond donors (Lipinski definition) is 2. The van der Waals surface area contributed by atoms with Crippen molar-refractivity contribution in [1.29, 1.82) is 0 Å². The molecule has 0 spiro atoms. The maximum Gasteiger partial charge on any atom is 0.358 e. The van der Waals surface area contributed by atoms with Gasteiger partial charge in [-0.3, -0.25) is 4.79 Å². The first-order valence-electron chi connectivity index (χ1n) is 7.02. The predicted molar refractivity (Wildman–Crippen MR) is 88.8 cm³/mol. The lowest BCUT2D eigenvalue weighted by atomic mass is 10.3. The van der Waals surface area contributed by atoms with E-state index in [1.807, 2.05) is 0 Å². The number of aromatic carboxylic acids is 1. The number of benzene rings is 1. The van der Waals surface area contributed by atoms with Gasteiger partial charge in [-0.1, -0.05) is 21.9 Å². The highest BCUT2D eigenvalue weighted by atomic mass is 35.5. The van der Waals surface area contributed by atoms with Crippen molar-refractivity contribution in [1.82, 2.24) is 10.3 Å². The first kappa shape index (κ1) is 18.2. The van der Waals surface area contributed by atoms with Gasteiger partial charge in [-0.05, 0) is 38.1 Å². The molecule has 8 nitrogen and oxygen atoms in total. The summed E-state index contributed by atoms with van der Waals surface area (Å²) in [5, 5.41) is 18.4. The van der Waals surface area contributed by atoms with Crippen LogP contribution in [0.25, 0.3) is 0 Å². The summed E-state index contributed by atoms with van der Waals surface area (Å²) < 4.78 is 9.31. The summed E-state index contributed by atoms with van der Waals surface area (Å²) in [6.45, 7) is 3.37. The van der Waals surface area contributed by atoms with Gasteiger partial charge < -0.3 is 19.5 Å². The van der Waals surface area contributed by atoms with Crippen LogP contribution >= 0.6 is 11.6 Å². The van der Waals surface area contributed by atoms with E-state index in [4.69, 9.17) is 21.2 Å². The van der Waals surface area contributed by atoms with E-state index in [0.29, 0.717) is 22.2 Å². The summed E-state index contributed by atoms with van der Waals surface area (Å²) in [4.78, 5) is 21.7. The smallest absolute Gasteiger partial charge is 0.358 e. The molecule has 3 rings (SSSR count). The topological polar surface area (TPSA) is 118 Å². The number of carboxylic acids is 1. The van der Waals surface area contributed by atoms with Gasteiger partial charge in [0.25, 0.3) is 5.91 Å². The van der Waals surface area contributed by atoms with Gasteiger partial charge in [-0.2, -0.15) is 0 Å². The summed E-state index contributed by atoms with van der Waals surface area (Å²) in [5.41, 5.74) is 0.870. The van der Waals surface area contributed by atoms with Crippen LogP contribution in [0.15, 0.2) is 45.4 Å². The minimum absolute atomic E-state index is 0.0486. The van der Waals surface area contributed by atoms with Crippen molar-refractivity contribution in [2.45, 2.75) is 13.8 Å². The number of carbonyl (C=O) groups is 2. The number of amides is 1. The molecule has 2 aromatic heterocycles. The molecule has 0 saturated carbocycles. The summed E-state index contributed by atoms with van der Waals surface area (Å²) in [6, 6.07) is 9.77. The largest absolute Gasteiger partial charge is 0.476 e. The van der Waals surface area contributed by atoms with Crippen LogP contribution in [0.2, 0.25) is 5.02 Å². The van der Waals surface area contributed by atoms with E-state index in [1.165, 1.54) is 6.07 Å². The first-order valence-corrected chi connectivity index (χ1v) is 7.40. The van der Waals surface area contributed by atoms with Gasteiger partial charge in [0.1, 0.15) is 11.5 Å². The number of aromatic nitrogens is 2. The SMILES string of the molecule is Cc1cc(C(=O)Nc2ccc(Cl)cc2)no1.Cc1cc(C(=O)O)no1. The molecule has 0 atom stereocenters. The molecular weight excluding hydrogens is 350 g/mol. The monoisotopic (exact) mass is 363 g/mol. The van der Waals surface area contributed by atoms with Gasteiger partial charge >= 0.3 is 5.97 Å². The Morgan fingerprint density at radius 1 is 1.00 bits per heavy atom. The molecule has 25 heavy (non-hydrogen) atoms. The van der Waals surface area contributed by atoms with E-state index in [-0.39, 0.29) is 17.3 Å². The van der Waals surface area contributed by atoms with Gasteiger partial charge in [0.15, 0.2) is 11.4 Å². The van der Waals surface area contributed by atoms with Crippen LogP contribution in [-0.2, 0) is 0 Å². The molecular formula is C16H14ClN3O5. The third kappa shape index (κ3) is 5.47. The minimum atomic E-state index is -1.06. The second-order valence-electron chi connectivity index (χ2n) is 4.91. The highest BCUT2D eigenvalue weighted by Crippen LogP contribution is 2.14. The van der Waals surface area contributed by atoms with Gasteiger partial charge in [0, 0.05) is 22.8 Å². The summed E-state index contributed by atoms with van der Waals surface area (Å²) in [5.74, 6) is -0.264. The first-order chi connectivity index (χ1) is 11.8. The van der Waals surface area contributed by atoms with Crippen molar-refractivity contribution in [3.05, 3.63) is 64.3 Å². The molecule has 2 heterocycles. The Hall–Kier alpha value is -3.13. The quantitative estimate of drug-likeness (QED) is 0.730. The number of nitrogens with zero attached hydrogens (tertiary/aromatic N) is 2. The summed E-state index contributed by atoms with van der Waals surface area (Å²) >= 11 is 5.73. The molecule has 130 valence electrons. The Bertz CT molecular complexity index is 870. The van der Waals surface area contributed by atoms with Crippen molar-refractivity contribution < 1.29 is 23.7 Å². The molecule has 1 aromatic carbocycles. The highest BCUT2D eigenvalue weighted by molar-refractivity contribution is 6.30. The maximum absolute atomic E-state index is 11.6. The zero-order valence-electron chi connectivity index (χ0n) is 13.3. The van der Waals surface area contributed by atoms with Gasteiger partial charge in [-0.25, -0.2) is 4.79 Å². The second-order valence-corrected chi connectivity index (χ2v) is 5.35. The van der Waals surface area contributed by atoms with Crippen LogP contribution in [0.1, 0.15) is 32.5 Å². The Morgan fingerprint density at radius 3 is 1.92 bits per heavy atom. The molecule has 0 radical (unpaired) electrons. The van der Waals surface area contributed by atoms with Gasteiger partial charge in [0.2, 0.25) is 0 Å². The Morgan fingerprint density at radius 2 is 1.52 bits per heavy atom. The second kappa shape index (κ2) is 8.11. The van der Waals surface area contributed by atoms with Crippen molar-refractivity contribution in [3.8, 4) is 0 Å². The fraction of sp³-hybridized carbons (Fsp3) is 0.125. The molecule has 0 aliphatic carbocycles. The Kier molecular flexibility index (Phi) is 5.91. The van der Waals surface area contributed by atoms with Gasteiger partial charge in [0.05, 0.1) is 0 Å². The fourth-order valence-corrected chi connectivity index (χ4v) is 1.79. The third-order valence-electron chi connectivity index (χ3n) is 2.81. The van der Waals surface area contributed by atoms with Crippen molar-refractivity contribution >= 4 is 29.2 Å². The molecule has 0 bridgehead atoms. The van der Waals surface area contributed by atoms with Crippen LogP contribution in [0, 0.1) is 13.8 Å². The predicted octanol–water partition coefficient (Wildman–Crippen LogP) is 3.57. The lowest BCUT2D eigenvalue weighted by Crippen LogP contribution is -2.11. The lowest BCUT2D eigenvalue weighted by molar-refractivity contribution is 0.0685. The van der Waals surface area contributed by atoms with Crippen LogP contribution in [-0.4, -0.2) is 27.3 Å². The van der Waals surface area contributed by atoms with Crippen molar-refractivity contribution in [2.24, 2.45) is 0 Å². The molecule has 9 heteroatoms. The molecule has 0 saturated heterocycles. The van der Waals surface area contributed by atoms with E-state index in [1.54, 1.807) is 44.2 Å². The lowest BCUT2D eigenvalue weighted by Gasteiger charge is -2.01. The number of halogens is 1. The van der Waals surface area contributed by atoms with Crippen LogP contribution in [0.4, 0.5) is 5.69 Å². The standard InChI is InChI=1S/C11H9ClN2O2.C5H5NO3/c1-7-6-10(14-16-7)11(15)13-9-4-2-8(12)3-5-9;1-3-2-4(5(7)8)6-9-3/h2-6H,1H3,(H,13,15);2H,1H3,(H,7,8). The average Bonchev–Trinajstić information content (AvgIpc) is 3.19. The number of hydrogen-bond acceptors (Lipinski definition) is 6. The Labute approximate surface area is 147 Å². The van der Waals surface area contributed by atoms with E-state index in [0.717, 1.165) is 0 Å². The van der Waals surface area contributed by atoms with Crippen molar-refractivity contribution in [3.63, 3.8) is 0 Å². The van der Waals surface area contributed by atoms with Crippen LogP contribution < -0.4 is 5.32 Å². The number of carbonyl (C=O) groups excluding carboxylic acids is 1. The van der Waals surface area contributed by atoms with E-state index in [9.17, 15) is 9.59 Å². The van der Waals surface area contributed by atoms with Crippen LogP contribution in [0.5, 0.6) is 0 Å². The molecule has 2 N–H and O–H groups in total. The van der Waals surface area contributed by atoms with Crippen LogP contribution in [0.3, 0.4) is 0 Å². The molecule has 0 unspecified atom stereocenters. The highest BCUT2D eigenvalue weighted by Gasteiger charge is 2.10. The van der Waals surface area contributed by atoms with E-state index >= 15 is 0 Å². The molecule has 1 amide bonds. The molecule has 0 fully saturated rings. The number of rotatable bonds is 3. The summed E-state index contributed by atoms with van der Waals surface area (Å²) in [6.07, 6.45) is 0. The third-order valence-corrected chi connectivity index (χ3v) is 3.06. The van der Waals surface area contributed by atoms with Gasteiger partial charge in [-0.15, -0.1) is 0 Å². The van der Waals surface area contributed by atoms with Crippen molar-refractivity contribution in [2.75, 3.05) is 5.32 Å². The Balaban J connectivity index is 0.000000212. The molecule has 0 aliphatic rings. The number of aryl methyl sites for hydroxylation is 2. The molecule has 3 aromatic rings. The normalized spacial score (nSPS) is 9.88. The maximum atomic E-state index is 11.6. The molecule has 0 aliphatic heterocycles. The zero-order valence-corrected chi connectivity index (χ0v) is 14.1. The summed E-state index contributed by atoms with van der Waals surface area (Å²) in [7, 11) is 0. The number of nitrogens with one attached hydrogen (secondary N) is 1. The number of carboxylic acid groups (broad SMARTS) is 1. The van der Waals surface area contributed by atoms with E-state index < -0.39 is 5.97 Å². The van der Waals surface area contributed by atoms with E-state index in [2.05, 4.69) is 20.2 Å². The fourth-order valence-electron chi connectivity index (χ4n) is 1.67. The average molecular weight is 364 g/mol. The zero-order chi connectivity index (χ0) is 18.4. The minimum Gasteiger partial charge on any atom is -0.476 e. The number of anilines is 1.